The van der Waals surface area contributed by atoms with Gasteiger partial charge in [0.15, 0.2) is 23.0 Å². The molecule has 5 aliphatic carbocycles. The molecule has 2 atom stereocenters. The molecular formula is C44H31NO2S. The van der Waals surface area contributed by atoms with Crippen LogP contribution in [0, 0.1) is 18.8 Å². The fraction of sp³-hybridized carbons (Fsp3) is 0.159. The predicted octanol–water partition coefficient (Wildman–Crippen LogP) is 9.47. The van der Waals surface area contributed by atoms with Gasteiger partial charge in [-0.3, -0.25) is 0 Å². The van der Waals surface area contributed by atoms with Crippen molar-refractivity contribution in [1.29, 1.82) is 0 Å². The lowest BCUT2D eigenvalue weighted by Gasteiger charge is -2.33. The zero-order valence-electron chi connectivity index (χ0n) is 26.8. The number of para-hydroxylation sites is 1. The molecule has 1 aliphatic heterocycles. The van der Waals surface area contributed by atoms with E-state index in [4.69, 9.17) is 9.47 Å². The highest BCUT2D eigenvalue weighted by atomic mass is 32.1. The van der Waals surface area contributed by atoms with E-state index in [-0.39, 0.29) is 5.41 Å². The molecule has 11 rings (SSSR count). The van der Waals surface area contributed by atoms with Crippen LogP contribution >= 0.6 is 11.3 Å². The minimum Gasteiger partial charge on any atom is -0.449 e. The standard InChI is InChI=1S/C44H31NO2S/c1-4-39-24(3)41-34(19-20-40(41)48-39)45(5-2)35-15-10-16-36-43(35)47-38-23-33-29(22-37(38)46-36)42-28-21-25(28)17-18-32(42)44(33)30-13-8-6-11-26(30)27-12-7-9-14-31(27)44/h4,6-19,22-23,25,28H,1,5,21H2,2-3H3/t25?,28-/m0/s1. The van der Waals surface area contributed by atoms with Crippen LogP contribution in [0.3, 0.4) is 0 Å². The molecule has 0 saturated heterocycles. The van der Waals surface area contributed by atoms with Crippen LogP contribution in [0.1, 0.15) is 46.0 Å². The highest BCUT2D eigenvalue weighted by Gasteiger charge is 2.57. The number of thiophene rings is 1. The molecule has 230 valence electrons. The highest BCUT2D eigenvalue weighted by molar-refractivity contribution is 7.11. The van der Waals surface area contributed by atoms with Gasteiger partial charge >= 0.3 is 0 Å². The molecule has 5 aromatic rings. The van der Waals surface area contributed by atoms with E-state index in [2.05, 4.69) is 122 Å². The summed E-state index contributed by atoms with van der Waals surface area (Å²) in [5.74, 6) is 4.22. The Hall–Kier alpha value is -5.28. The molecule has 0 N–H and O–H groups in total. The Labute approximate surface area is 283 Å². The fourth-order valence-corrected chi connectivity index (χ4v) is 10.3. The van der Waals surface area contributed by atoms with E-state index in [0.29, 0.717) is 11.8 Å². The number of hydrogen-bond donors (Lipinski definition) is 0. The van der Waals surface area contributed by atoms with Crippen molar-refractivity contribution in [2.75, 3.05) is 11.4 Å². The number of hydrogen-bond acceptors (Lipinski definition) is 4. The van der Waals surface area contributed by atoms with Gasteiger partial charge in [0.1, 0.15) is 0 Å². The highest BCUT2D eigenvalue weighted by Crippen LogP contribution is 2.69. The van der Waals surface area contributed by atoms with Gasteiger partial charge in [-0.25, -0.2) is 0 Å². The third-order valence-corrected chi connectivity index (χ3v) is 12.6. The summed E-state index contributed by atoms with van der Waals surface area (Å²) in [6.07, 6.45) is 10.2. The van der Waals surface area contributed by atoms with Gasteiger partial charge in [-0.2, -0.15) is 0 Å². The van der Waals surface area contributed by atoms with Gasteiger partial charge in [-0.15, -0.1) is 11.3 Å². The van der Waals surface area contributed by atoms with Crippen LogP contribution in [0.4, 0.5) is 5.69 Å². The summed E-state index contributed by atoms with van der Waals surface area (Å²) in [5.41, 5.74) is 17.4. The summed E-state index contributed by atoms with van der Waals surface area (Å²) in [7, 11) is 0. The van der Waals surface area contributed by atoms with Crippen LogP contribution in [0.5, 0.6) is 23.0 Å². The minimum absolute atomic E-state index is 0.383. The molecule has 6 aliphatic rings. The lowest BCUT2D eigenvalue weighted by atomic mass is 9.69. The Morgan fingerprint density at radius 1 is 0.917 bits per heavy atom. The molecule has 1 unspecified atom stereocenters. The Kier molecular flexibility index (Phi) is 5.13. The molecule has 48 heavy (non-hydrogen) atoms. The quantitative estimate of drug-likeness (QED) is 0.192. The smallest absolute Gasteiger partial charge is 0.193 e. The monoisotopic (exact) mass is 637 g/mol. The number of nitrogens with zero attached hydrogens (tertiary/aromatic N) is 1. The van der Waals surface area contributed by atoms with E-state index < -0.39 is 0 Å². The number of benzene rings is 4. The summed E-state index contributed by atoms with van der Waals surface area (Å²) in [6, 6.07) is 28.8. The largest absolute Gasteiger partial charge is 0.449 e. The summed E-state index contributed by atoms with van der Waals surface area (Å²) in [6.45, 7) is 9.18. The van der Waals surface area contributed by atoms with E-state index in [1.165, 1.54) is 66.6 Å². The molecule has 2 heterocycles. The molecule has 0 amide bonds. The number of rotatable bonds is 4. The molecule has 1 fully saturated rings. The van der Waals surface area contributed by atoms with Gasteiger partial charge in [0.25, 0.3) is 0 Å². The lowest BCUT2D eigenvalue weighted by Crippen LogP contribution is -2.30. The van der Waals surface area contributed by atoms with Crippen LogP contribution in [-0.2, 0) is 5.41 Å². The molecule has 0 bridgehead atoms. The maximum atomic E-state index is 7.03. The van der Waals surface area contributed by atoms with Crippen molar-refractivity contribution >= 4 is 40.1 Å². The Morgan fingerprint density at radius 3 is 2.46 bits per heavy atom. The van der Waals surface area contributed by atoms with Crippen molar-refractivity contribution in [3.63, 3.8) is 0 Å². The maximum absolute atomic E-state index is 7.03. The Balaban J connectivity index is 1.11. The minimum atomic E-state index is -0.383. The summed E-state index contributed by atoms with van der Waals surface area (Å²) in [5, 5.41) is 1.23. The van der Waals surface area contributed by atoms with E-state index in [1.54, 1.807) is 11.3 Å². The van der Waals surface area contributed by atoms with Crippen molar-refractivity contribution in [2.24, 2.45) is 11.8 Å². The average molecular weight is 638 g/mol. The maximum Gasteiger partial charge on any atom is 0.193 e. The normalized spacial score (nSPS) is 20.0. The second kappa shape index (κ2) is 9.20. The van der Waals surface area contributed by atoms with Gasteiger partial charge in [0, 0.05) is 22.7 Å². The van der Waals surface area contributed by atoms with Crippen molar-refractivity contribution in [3.05, 3.63) is 152 Å². The van der Waals surface area contributed by atoms with E-state index >= 15 is 0 Å². The SMILES string of the molecule is C=Cc1sc2c(c1C)=C(N(CC)c1cccc3c1Oc1cc4c(cc1O3)C1=C(C=CC3C[C@H]13)C41c3ccccc3-c3ccccc31)C=C=2. The van der Waals surface area contributed by atoms with E-state index in [1.807, 2.05) is 12.1 Å². The third-order valence-electron chi connectivity index (χ3n) is 11.4. The summed E-state index contributed by atoms with van der Waals surface area (Å²) in [4.78, 5) is 3.52. The van der Waals surface area contributed by atoms with Crippen molar-refractivity contribution in [3.8, 4) is 34.1 Å². The first-order chi connectivity index (χ1) is 23.6. The molecule has 4 heteroatoms. The van der Waals surface area contributed by atoms with Crippen molar-refractivity contribution in [1.82, 2.24) is 0 Å². The average Bonchev–Trinajstić information content (AvgIpc) is 3.41. The molecule has 1 saturated carbocycles. The zero-order chi connectivity index (χ0) is 31.9. The summed E-state index contributed by atoms with van der Waals surface area (Å²) >= 11 is 1.74. The Morgan fingerprint density at radius 2 is 1.69 bits per heavy atom. The first-order valence-corrected chi connectivity index (χ1v) is 17.7. The second-order valence-electron chi connectivity index (χ2n) is 13.6. The number of anilines is 1. The first-order valence-electron chi connectivity index (χ1n) is 16.9. The molecule has 1 aromatic heterocycles. The van der Waals surface area contributed by atoms with Gasteiger partial charge in [-0.05, 0) is 106 Å². The van der Waals surface area contributed by atoms with Crippen LogP contribution in [-0.4, -0.2) is 6.54 Å². The van der Waals surface area contributed by atoms with Crippen molar-refractivity contribution in [2.45, 2.75) is 25.7 Å². The lowest BCUT2D eigenvalue weighted by molar-refractivity contribution is 0.359. The van der Waals surface area contributed by atoms with Crippen LogP contribution < -0.4 is 24.1 Å². The molecule has 4 aromatic carbocycles. The van der Waals surface area contributed by atoms with Crippen LogP contribution in [0.25, 0.3) is 34.2 Å². The number of likely N-dealkylation sites (N-methyl/N-ethyl adjacent to an activating group) is 1. The van der Waals surface area contributed by atoms with Gasteiger partial charge in [0.2, 0.25) is 0 Å². The third kappa shape index (κ3) is 3.15. The second-order valence-corrected chi connectivity index (χ2v) is 14.7. The number of ether oxygens (including phenoxy) is 2. The summed E-state index contributed by atoms with van der Waals surface area (Å²) < 4.78 is 15.0. The molecule has 0 radical (unpaired) electrons. The van der Waals surface area contributed by atoms with Crippen molar-refractivity contribution < 1.29 is 9.47 Å². The first kappa shape index (κ1) is 26.8. The Bertz CT molecular complexity index is 2530. The molecular weight excluding hydrogens is 607 g/mol. The predicted molar refractivity (Wildman–Crippen MR) is 195 cm³/mol. The fourth-order valence-electron chi connectivity index (χ4n) is 9.31. The van der Waals surface area contributed by atoms with E-state index in [0.717, 1.165) is 45.5 Å². The van der Waals surface area contributed by atoms with E-state index in [9.17, 15) is 0 Å². The van der Waals surface area contributed by atoms with Crippen LogP contribution in [0.15, 0.2) is 109 Å². The zero-order valence-corrected chi connectivity index (χ0v) is 27.6. The topological polar surface area (TPSA) is 21.7 Å². The number of allylic oxidation sites excluding steroid dienone is 4. The van der Waals surface area contributed by atoms with Gasteiger partial charge in [-0.1, -0.05) is 85.1 Å². The molecule has 3 nitrogen and oxygen atoms in total. The van der Waals surface area contributed by atoms with Gasteiger partial charge in [0.05, 0.1) is 21.3 Å². The van der Waals surface area contributed by atoms with Gasteiger partial charge < -0.3 is 14.4 Å². The molecule has 1 spiro atoms. The van der Waals surface area contributed by atoms with Crippen LogP contribution in [0.2, 0.25) is 0 Å². The number of fused-ring (bicyclic) bond motifs is 14.